The lowest BCUT2D eigenvalue weighted by atomic mass is 9.99. The second-order valence-electron chi connectivity index (χ2n) is 10.5. The van der Waals surface area contributed by atoms with E-state index in [1.807, 2.05) is 11.6 Å². The molecule has 3 aromatic heterocycles. The number of amides is 2. The van der Waals surface area contributed by atoms with Gasteiger partial charge in [-0.1, -0.05) is 6.07 Å². The van der Waals surface area contributed by atoms with Crippen molar-refractivity contribution in [2.45, 2.75) is 33.0 Å². The number of ether oxygens (including phenoxy) is 1. The van der Waals surface area contributed by atoms with Crippen LogP contribution in [0.25, 0.3) is 32.6 Å². The number of benzene rings is 1. The number of thiazole rings is 1. The maximum atomic E-state index is 13.6. The van der Waals surface area contributed by atoms with E-state index in [9.17, 15) is 27.6 Å². The number of hydrogen-bond acceptors (Lipinski definition) is 8. The Morgan fingerprint density at radius 1 is 1.18 bits per heavy atom. The summed E-state index contributed by atoms with van der Waals surface area (Å²) in [5.74, 6) is -0.311. The highest BCUT2D eigenvalue weighted by atomic mass is 32.1. The number of urea groups is 1. The van der Waals surface area contributed by atoms with Gasteiger partial charge >= 0.3 is 18.2 Å². The van der Waals surface area contributed by atoms with Crippen molar-refractivity contribution >= 4 is 40.1 Å². The van der Waals surface area contributed by atoms with Gasteiger partial charge in [0.15, 0.2) is 5.69 Å². The van der Waals surface area contributed by atoms with Gasteiger partial charge in [0.05, 0.1) is 12.1 Å². The summed E-state index contributed by atoms with van der Waals surface area (Å²) in [5, 5.41) is 6.37. The van der Waals surface area contributed by atoms with E-state index in [1.165, 1.54) is 12.3 Å². The molecule has 1 aromatic carbocycles. The summed E-state index contributed by atoms with van der Waals surface area (Å²) in [7, 11) is 2.04. The summed E-state index contributed by atoms with van der Waals surface area (Å²) < 4.78 is 47.4. The zero-order chi connectivity index (χ0) is 31.6. The van der Waals surface area contributed by atoms with Crippen molar-refractivity contribution in [3.8, 4) is 21.7 Å². The molecule has 2 N–H and O–H groups in total. The number of likely N-dealkylation sites (tertiary alicyclic amines) is 1. The zero-order valence-corrected chi connectivity index (χ0v) is 25.1. The highest BCUT2D eigenvalue weighted by molar-refractivity contribution is 7.13. The molecule has 0 radical (unpaired) electrons. The summed E-state index contributed by atoms with van der Waals surface area (Å²) in [6.07, 6.45) is -0.718. The Labute approximate surface area is 254 Å². The molecule has 0 aliphatic carbocycles. The summed E-state index contributed by atoms with van der Waals surface area (Å²) in [4.78, 5) is 48.9. The Balaban J connectivity index is 1.66. The molecule has 2 amide bonds. The molecule has 1 atom stereocenters. The van der Waals surface area contributed by atoms with Gasteiger partial charge in [-0.15, -0.1) is 11.3 Å². The van der Waals surface area contributed by atoms with E-state index in [4.69, 9.17) is 4.74 Å². The van der Waals surface area contributed by atoms with E-state index < -0.39 is 29.3 Å². The first-order valence-electron chi connectivity index (χ1n) is 14.1. The fraction of sp³-hybridized carbons (Fsp3) is 0.367. The van der Waals surface area contributed by atoms with Crippen molar-refractivity contribution in [3.05, 3.63) is 63.5 Å². The largest absolute Gasteiger partial charge is 0.462 e. The number of fused-ring (bicyclic) bond motifs is 1. The summed E-state index contributed by atoms with van der Waals surface area (Å²) in [6, 6.07) is 6.02. The van der Waals surface area contributed by atoms with Gasteiger partial charge in [-0.3, -0.25) is 10.1 Å². The number of hydrogen-bond donors (Lipinski definition) is 2. The highest BCUT2D eigenvalue weighted by Crippen LogP contribution is 2.39. The first kappa shape index (κ1) is 31.1. The summed E-state index contributed by atoms with van der Waals surface area (Å²) >= 11 is 0.797. The van der Waals surface area contributed by atoms with Crippen LogP contribution in [0.4, 0.5) is 23.8 Å². The number of nitrogens with zero attached hydrogens (tertiary/aromatic N) is 4. The van der Waals surface area contributed by atoms with Crippen molar-refractivity contribution in [1.29, 1.82) is 0 Å². The van der Waals surface area contributed by atoms with E-state index >= 15 is 0 Å². The van der Waals surface area contributed by atoms with Crippen LogP contribution in [0.15, 0.2) is 46.8 Å². The van der Waals surface area contributed by atoms with E-state index in [0.717, 1.165) is 36.2 Å². The number of alkyl halides is 3. The molecule has 1 aliphatic heterocycles. The number of rotatable bonds is 8. The molecule has 5 rings (SSSR count). The minimum absolute atomic E-state index is 0.0526. The monoisotopic (exact) mass is 628 g/mol. The van der Waals surface area contributed by atoms with E-state index in [1.54, 1.807) is 38.2 Å². The number of halogens is 3. The second kappa shape index (κ2) is 12.7. The second-order valence-corrected chi connectivity index (χ2v) is 11.4. The molecule has 0 spiro atoms. The first-order valence-corrected chi connectivity index (χ1v) is 15.0. The standard InChI is InChI=1S/C30H31F3N6O4S/c1-4-34-29(42)37-25-11-19(27-36-24(16-44-27)30(31,32)33)21(12-35-25)18-6-7-23-20(10-18)26(40)22(28(41)43-5-2)15-39(23)14-17-8-9-38(3)13-17/h6-7,10-12,15-17H,4-5,8-9,13-14H2,1-3H3,(H2,34,35,37,42). The molecule has 1 fully saturated rings. The predicted octanol–water partition coefficient (Wildman–Crippen LogP) is 5.48. The van der Waals surface area contributed by atoms with Crippen LogP contribution in [0.1, 0.15) is 36.3 Å². The third kappa shape index (κ3) is 6.60. The average molecular weight is 629 g/mol. The smallest absolute Gasteiger partial charge is 0.434 e. The van der Waals surface area contributed by atoms with Crippen molar-refractivity contribution in [2.24, 2.45) is 5.92 Å². The van der Waals surface area contributed by atoms with E-state index in [0.29, 0.717) is 35.7 Å². The maximum Gasteiger partial charge on any atom is 0.434 e. The summed E-state index contributed by atoms with van der Waals surface area (Å²) in [5.41, 5.74) is 0.0908. The lowest BCUT2D eigenvalue weighted by Gasteiger charge is -2.18. The fourth-order valence-corrected chi connectivity index (χ4v) is 6.16. The Morgan fingerprint density at radius 3 is 2.64 bits per heavy atom. The molecule has 1 unspecified atom stereocenters. The molecule has 4 heterocycles. The van der Waals surface area contributed by atoms with Gasteiger partial charge in [-0.05, 0) is 63.5 Å². The van der Waals surface area contributed by atoms with E-state index in [-0.39, 0.29) is 33.9 Å². The van der Waals surface area contributed by atoms with Crippen LogP contribution in [0.2, 0.25) is 0 Å². The van der Waals surface area contributed by atoms with Crippen molar-refractivity contribution < 1.29 is 27.5 Å². The number of carbonyl (C=O) groups excluding carboxylic acids is 2. The number of anilines is 1. The molecular formula is C30H31F3N6O4S. The summed E-state index contributed by atoms with van der Waals surface area (Å²) in [6.45, 7) is 6.26. The zero-order valence-electron chi connectivity index (χ0n) is 24.3. The van der Waals surface area contributed by atoms with Crippen LogP contribution in [-0.2, 0) is 17.5 Å². The van der Waals surface area contributed by atoms with Gasteiger partial charge < -0.3 is 19.5 Å². The van der Waals surface area contributed by atoms with Crippen molar-refractivity contribution in [2.75, 3.05) is 38.6 Å². The highest BCUT2D eigenvalue weighted by Gasteiger charge is 2.34. The number of aromatic nitrogens is 3. The van der Waals surface area contributed by atoms with Crippen LogP contribution in [0, 0.1) is 5.92 Å². The van der Waals surface area contributed by atoms with Crippen LogP contribution in [0.5, 0.6) is 0 Å². The Hall–Kier alpha value is -4.30. The Bertz CT molecular complexity index is 1770. The van der Waals surface area contributed by atoms with Gasteiger partial charge in [0.2, 0.25) is 5.43 Å². The molecule has 10 nitrogen and oxygen atoms in total. The number of nitrogens with one attached hydrogen (secondary N) is 2. The van der Waals surface area contributed by atoms with Crippen LogP contribution >= 0.6 is 11.3 Å². The molecule has 0 saturated carbocycles. The van der Waals surface area contributed by atoms with Gasteiger partial charge in [-0.2, -0.15) is 13.2 Å². The number of carbonyl (C=O) groups is 2. The van der Waals surface area contributed by atoms with Crippen LogP contribution in [0.3, 0.4) is 0 Å². The lowest BCUT2D eigenvalue weighted by Crippen LogP contribution is -2.28. The molecular weight excluding hydrogens is 597 g/mol. The quantitative estimate of drug-likeness (QED) is 0.248. The number of esters is 1. The Kier molecular flexibility index (Phi) is 9.02. The van der Waals surface area contributed by atoms with Gasteiger partial charge in [0.1, 0.15) is 16.4 Å². The molecule has 4 aromatic rings. The third-order valence-corrected chi connectivity index (χ3v) is 8.21. The fourth-order valence-electron chi connectivity index (χ4n) is 5.30. The SMILES string of the molecule is CCNC(=O)Nc1cc(-c2nc(C(F)(F)F)cs2)c(-c2ccc3c(c2)c(=O)c(C(=O)OCC)cn3CC2CCN(C)C2)cn1. The molecule has 1 aliphatic rings. The molecule has 232 valence electrons. The van der Waals surface area contributed by atoms with Gasteiger partial charge in [-0.25, -0.2) is 19.6 Å². The first-order chi connectivity index (χ1) is 21.0. The topological polar surface area (TPSA) is 118 Å². The normalized spacial score (nSPS) is 15.5. The predicted molar refractivity (Wildman–Crippen MR) is 162 cm³/mol. The molecule has 14 heteroatoms. The van der Waals surface area contributed by atoms with Gasteiger partial charge in [0.25, 0.3) is 0 Å². The molecule has 1 saturated heterocycles. The van der Waals surface area contributed by atoms with Gasteiger partial charge in [0, 0.05) is 53.9 Å². The lowest BCUT2D eigenvalue weighted by molar-refractivity contribution is -0.140. The van der Waals surface area contributed by atoms with Crippen LogP contribution < -0.4 is 16.1 Å². The van der Waals surface area contributed by atoms with E-state index in [2.05, 4.69) is 25.5 Å². The third-order valence-electron chi connectivity index (χ3n) is 7.34. The molecule has 0 bridgehead atoms. The minimum atomic E-state index is -4.64. The molecule has 44 heavy (non-hydrogen) atoms. The van der Waals surface area contributed by atoms with Crippen molar-refractivity contribution in [1.82, 2.24) is 24.8 Å². The van der Waals surface area contributed by atoms with Crippen molar-refractivity contribution in [3.63, 3.8) is 0 Å². The Morgan fingerprint density at radius 2 is 1.98 bits per heavy atom. The van der Waals surface area contributed by atoms with Crippen LogP contribution in [-0.4, -0.2) is 64.7 Å². The maximum absolute atomic E-state index is 13.6. The average Bonchev–Trinajstić information content (AvgIpc) is 3.64. The number of pyridine rings is 2. The minimum Gasteiger partial charge on any atom is -0.462 e.